The van der Waals surface area contributed by atoms with Gasteiger partial charge in [0.1, 0.15) is 5.16 Å². The minimum atomic E-state index is -3.11. The summed E-state index contributed by atoms with van der Waals surface area (Å²) in [4.78, 5) is 0. The first kappa shape index (κ1) is 13.3. The molecule has 1 saturated carbocycles. The molecule has 4 heteroatoms. The van der Waals surface area contributed by atoms with Gasteiger partial charge in [0, 0.05) is 5.30 Å². The molecule has 0 heterocycles. The summed E-state index contributed by atoms with van der Waals surface area (Å²) in [6, 6.07) is 11.5. The quantitative estimate of drug-likeness (QED) is 0.781. The Morgan fingerprint density at radius 3 is 2.44 bits per heavy atom. The van der Waals surface area contributed by atoms with Gasteiger partial charge in [-0.15, -0.1) is 0 Å². The molecule has 0 aromatic heterocycles. The van der Waals surface area contributed by atoms with E-state index in [2.05, 4.69) is 6.07 Å². The third-order valence-corrected chi connectivity index (χ3v) is 6.88. The molecular weight excluding hydrogens is 245 g/mol. The van der Waals surface area contributed by atoms with Crippen molar-refractivity contribution in [2.24, 2.45) is 0 Å². The van der Waals surface area contributed by atoms with Crippen molar-refractivity contribution in [1.82, 2.24) is 0 Å². The summed E-state index contributed by atoms with van der Waals surface area (Å²) >= 11 is 0. The second kappa shape index (κ2) is 5.26. The highest BCUT2D eigenvalue weighted by atomic mass is 31.2. The summed E-state index contributed by atoms with van der Waals surface area (Å²) in [5.41, 5.74) is 0. The van der Waals surface area contributed by atoms with Crippen molar-refractivity contribution >= 4 is 12.7 Å². The molecule has 1 aromatic carbocycles. The first-order chi connectivity index (χ1) is 8.68. The molecular formula is C14H18NO2P. The smallest absolute Gasteiger partial charge is 0.251 e. The van der Waals surface area contributed by atoms with Crippen LogP contribution in [-0.4, -0.2) is 11.8 Å². The Hall–Kier alpha value is -1.10. The predicted octanol–water partition coefficient (Wildman–Crippen LogP) is 3.46. The lowest BCUT2D eigenvalue weighted by Gasteiger charge is -2.31. The summed E-state index contributed by atoms with van der Waals surface area (Å²) in [6.07, 6.45) is 3.26. The maximum atomic E-state index is 13.3. The van der Waals surface area contributed by atoms with Gasteiger partial charge in [-0.3, -0.25) is 4.57 Å². The van der Waals surface area contributed by atoms with E-state index in [0.29, 0.717) is 24.8 Å². The number of benzene rings is 1. The first-order valence-corrected chi connectivity index (χ1v) is 8.02. The number of hydrogen-bond donors (Lipinski definition) is 0. The summed E-state index contributed by atoms with van der Waals surface area (Å²) in [5, 5.41) is 9.40. The third kappa shape index (κ3) is 2.00. The van der Waals surface area contributed by atoms with Crippen LogP contribution in [0.15, 0.2) is 30.3 Å². The van der Waals surface area contributed by atoms with E-state index in [-0.39, 0.29) is 0 Å². The largest absolute Gasteiger partial charge is 0.324 e. The van der Waals surface area contributed by atoms with E-state index in [1.54, 1.807) is 0 Å². The van der Waals surface area contributed by atoms with E-state index in [1.807, 2.05) is 37.3 Å². The number of nitriles is 1. The molecule has 0 N–H and O–H groups in total. The van der Waals surface area contributed by atoms with E-state index in [4.69, 9.17) is 4.52 Å². The van der Waals surface area contributed by atoms with Crippen LogP contribution in [-0.2, 0) is 9.09 Å². The van der Waals surface area contributed by atoms with Gasteiger partial charge in [0.25, 0.3) is 7.37 Å². The molecule has 0 saturated heterocycles. The Balaban J connectivity index is 2.51. The van der Waals surface area contributed by atoms with Crippen molar-refractivity contribution in [3.8, 4) is 6.07 Å². The summed E-state index contributed by atoms with van der Waals surface area (Å²) in [5.74, 6) is 0. The molecule has 0 radical (unpaired) electrons. The normalized spacial score (nSPS) is 21.1. The molecule has 0 unspecified atom stereocenters. The number of rotatable bonds is 4. The molecule has 96 valence electrons. The van der Waals surface area contributed by atoms with Crippen LogP contribution in [0.5, 0.6) is 0 Å². The minimum absolute atomic E-state index is 0.371. The van der Waals surface area contributed by atoms with Crippen molar-refractivity contribution in [3.63, 3.8) is 0 Å². The fourth-order valence-electron chi connectivity index (χ4n) is 2.68. The second-order valence-corrected chi connectivity index (χ2v) is 7.39. The van der Waals surface area contributed by atoms with Crippen molar-refractivity contribution in [1.29, 1.82) is 5.26 Å². The van der Waals surface area contributed by atoms with E-state index in [9.17, 15) is 9.83 Å². The highest BCUT2D eigenvalue weighted by Gasteiger charge is 2.52. The summed E-state index contributed by atoms with van der Waals surface area (Å²) in [6.45, 7) is 2.20. The SMILES string of the molecule is CCO[P@](=O)(c1ccccc1)C1(C#N)CCCC1. The van der Waals surface area contributed by atoms with Crippen LogP contribution in [0.4, 0.5) is 0 Å². The maximum absolute atomic E-state index is 13.3. The van der Waals surface area contributed by atoms with Crippen LogP contribution in [0, 0.1) is 11.3 Å². The zero-order valence-corrected chi connectivity index (χ0v) is 11.5. The van der Waals surface area contributed by atoms with E-state index in [1.165, 1.54) is 0 Å². The lowest BCUT2D eigenvalue weighted by Crippen LogP contribution is -2.30. The molecule has 18 heavy (non-hydrogen) atoms. The lowest BCUT2D eigenvalue weighted by molar-refractivity contribution is 0.325. The molecule has 0 bridgehead atoms. The standard InChI is InChI=1S/C14H18NO2P/c1-2-17-18(16,13-8-4-3-5-9-13)14(12-15)10-6-7-11-14/h3-5,8-9H,2,6-7,10-11H2,1H3/t18-/m1/s1. The van der Waals surface area contributed by atoms with Crippen molar-refractivity contribution in [2.75, 3.05) is 6.61 Å². The fourth-order valence-corrected chi connectivity index (χ4v) is 5.54. The van der Waals surface area contributed by atoms with E-state index in [0.717, 1.165) is 12.8 Å². The summed E-state index contributed by atoms with van der Waals surface area (Å²) in [7, 11) is -3.11. The second-order valence-electron chi connectivity index (χ2n) is 4.66. The van der Waals surface area contributed by atoms with E-state index >= 15 is 0 Å². The van der Waals surface area contributed by atoms with Gasteiger partial charge in [0.05, 0.1) is 12.7 Å². The fraction of sp³-hybridized carbons (Fsp3) is 0.500. The van der Waals surface area contributed by atoms with Gasteiger partial charge in [0.15, 0.2) is 0 Å². The zero-order valence-electron chi connectivity index (χ0n) is 10.6. The van der Waals surface area contributed by atoms with Gasteiger partial charge >= 0.3 is 0 Å². The average Bonchev–Trinajstić information content (AvgIpc) is 2.90. The topological polar surface area (TPSA) is 50.1 Å². The predicted molar refractivity (Wildman–Crippen MR) is 72.1 cm³/mol. The Bertz CT molecular complexity index is 486. The third-order valence-electron chi connectivity index (χ3n) is 3.61. The van der Waals surface area contributed by atoms with Gasteiger partial charge in [-0.2, -0.15) is 5.26 Å². The Morgan fingerprint density at radius 2 is 1.94 bits per heavy atom. The Labute approximate surface area is 108 Å². The van der Waals surface area contributed by atoms with Gasteiger partial charge in [-0.25, -0.2) is 0 Å². The minimum Gasteiger partial charge on any atom is -0.324 e. The van der Waals surface area contributed by atoms with Crippen molar-refractivity contribution < 1.29 is 9.09 Å². The van der Waals surface area contributed by atoms with E-state index < -0.39 is 12.5 Å². The highest BCUT2D eigenvalue weighted by molar-refractivity contribution is 7.68. The Kier molecular flexibility index (Phi) is 3.90. The van der Waals surface area contributed by atoms with Crippen molar-refractivity contribution in [3.05, 3.63) is 30.3 Å². The highest BCUT2D eigenvalue weighted by Crippen LogP contribution is 2.63. The number of hydrogen-bond acceptors (Lipinski definition) is 3. The van der Waals surface area contributed by atoms with Crippen LogP contribution < -0.4 is 5.30 Å². The van der Waals surface area contributed by atoms with Gasteiger partial charge < -0.3 is 4.52 Å². The van der Waals surface area contributed by atoms with Crippen LogP contribution in [0.1, 0.15) is 32.6 Å². The van der Waals surface area contributed by atoms with Gasteiger partial charge in [-0.05, 0) is 31.9 Å². The molecule has 0 amide bonds. The number of nitrogens with zero attached hydrogens (tertiary/aromatic N) is 1. The molecule has 1 aromatic rings. The molecule has 0 aliphatic heterocycles. The van der Waals surface area contributed by atoms with Crippen molar-refractivity contribution in [2.45, 2.75) is 37.8 Å². The molecule has 1 aliphatic carbocycles. The monoisotopic (exact) mass is 263 g/mol. The van der Waals surface area contributed by atoms with Crippen LogP contribution in [0.25, 0.3) is 0 Å². The molecule has 0 spiro atoms. The molecule has 1 aliphatic rings. The van der Waals surface area contributed by atoms with Gasteiger partial charge in [0.2, 0.25) is 0 Å². The maximum Gasteiger partial charge on any atom is 0.251 e. The molecule has 3 nitrogen and oxygen atoms in total. The summed E-state index contributed by atoms with van der Waals surface area (Å²) < 4.78 is 19.0. The van der Waals surface area contributed by atoms with Crippen LogP contribution in [0.3, 0.4) is 0 Å². The first-order valence-electron chi connectivity index (χ1n) is 6.40. The lowest BCUT2D eigenvalue weighted by atomic mass is 10.1. The Morgan fingerprint density at radius 1 is 1.33 bits per heavy atom. The zero-order chi connectivity index (χ0) is 13.1. The molecule has 2 rings (SSSR count). The van der Waals surface area contributed by atoms with Crippen LogP contribution >= 0.6 is 7.37 Å². The van der Waals surface area contributed by atoms with Gasteiger partial charge in [-0.1, -0.05) is 31.0 Å². The van der Waals surface area contributed by atoms with Crippen LogP contribution in [0.2, 0.25) is 0 Å². The molecule has 1 fully saturated rings. The average molecular weight is 263 g/mol. The molecule has 1 atom stereocenters.